The van der Waals surface area contributed by atoms with E-state index in [-0.39, 0.29) is 5.78 Å². The number of rotatable bonds is 5. The molecule has 0 spiro atoms. The molecule has 0 aromatic carbocycles. The minimum absolute atomic E-state index is 0.0379. The molecule has 0 saturated heterocycles. The van der Waals surface area contributed by atoms with Crippen molar-refractivity contribution in [3.63, 3.8) is 0 Å². The molecule has 0 unspecified atom stereocenters. The van der Waals surface area contributed by atoms with Crippen LogP contribution in [0.5, 0.6) is 0 Å². The van der Waals surface area contributed by atoms with Crippen molar-refractivity contribution in [2.75, 3.05) is 5.75 Å². The van der Waals surface area contributed by atoms with E-state index in [4.69, 9.17) is 0 Å². The molecule has 72 valence electrons. The zero-order valence-electron chi connectivity index (χ0n) is 8.33. The van der Waals surface area contributed by atoms with Crippen molar-refractivity contribution in [1.82, 2.24) is 0 Å². The lowest BCUT2D eigenvalue weighted by Crippen LogP contribution is -1.96. The Bertz CT molecular complexity index is 254. The van der Waals surface area contributed by atoms with Gasteiger partial charge in [-0.05, 0) is 19.4 Å². The Morgan fingerprint density at radius 3 is 2.54 bits per heavy atom. The molecule has 0 fully saturated rings. The van der Waals surface area contributed by atoms with Crippen LogP contribution in [0.15, 0.2) is 27.7 Å². The largest absolute Gasteiger partial charge is 0.293 e. The van der Waals surface area contributed by atoms with Gasteiger partial charge in [0.05, 0.1) is 0 Å². The van der Waals surface area contributed by atoms with E-state index < -0.39 is 0 Å². The van der Waals surface area contributed by atoms with Crippen LogP contribution in [0.3, 0.4) is 0 Å². The lowest BCUT2D eigenvalue weighted by Gasteiger charge is -2.02. The summed E-state index contributed by atoms with van der Waals surface area (Å²) in [7, 11) is 0. The quantitative estimate of drug-likeness (QED) is 0.385. The number of aliphatic imine (C=N–C) groups is 1. The maximum atomic E-state index is 11.1. The van der Waals surface area contributed by atoms with E-state index in [0.717, 1.165) is 10.7 Å². The molecule has 0 amide bonds. The number of carbonyl (C=O) groups excluding carboxylic acids is 1. The molecule has 13 heavy (non-hydrogen) atoms. The lowest BCUT2D eigenvalue weighted by molar-refractivity contribution is -0.113. The minimum atomic E-state index is -0.0379. The van der Waals surface area contributed by atoms with E-state index in [1.165, 1.54) is 6.92 Å². The normalized spacial score (nSPS) is 12.8. The second-order valence-corrected chi connectivity index (χ2v) is 3.67. The van der Waals surface area contributed by atoms with Crippen molar-refractivity contribution in [1.29, 1.82) is 0 Å². The number of carbonyl (C=O) groups is 1. The fourth-order valence-corrected chi connectivity index (χ4v) is 1.75. The summed E-state index contributed by atoms with van der Waals surface area (Å²) in [6.45, 7) is 8.85. The van der Waals surface area contributed by atoms with Gasteiger partial charge in [0.15, 0.2) is 5.78 Å². The second-order valence-electron chi connectivity index (χ2n) is 2.36. The first-order valence-electron chi connectivity index (χ1n) is 4.14. The molecule has 0 aliphatic rings. The van der Waals surface area contributed by atoms with Gasteiger partial charge in [0.2, 0.25) is 0 Å². The van der Waals surface area contributed by atoms with Crippen LogP contribution in [-0.2, 0) is 4.79 Å². The Morgan fingerprint density at radius 1 is 1.62 bits per heavy atom. The first-order chi connectivity index (χ1) is 6.17. The van der Waals surface area contributed by atoms with Crippen LogP contribution < -0.4 is 0 Å². The van der Waals surface area contributed by atoms with Gasteiger partial charge in [-0.15, -0.1) is 11.8 Å². The monoisotopic (exact) mass is 197 g/mol. The summed E-state index contributed by atoms with van der Waals surface area (Å²) in [5.74, 6) is 0.885. The highest BCUT2D eigenvalue weighted by molar-refractivity contribution is 8.03. The van der Waals surface area contributed by atoms with E-state index in [9.17, 15) is 4.79 Å². The molecule has 0 aromatic heterocycles. The number of thioether (sulfide) groups is 1. The molecule has 0 N–H and O–H groups in total. The SMILES string of the molecule is C=N/C(C(C)=O)=C(\C=C/C)SCC. The average Bonchev–Trinajstić information content (AvgIpc) is 2.05. The molecule has 0 bridgehead atoms. The molecule has 0 saturated carbocycles. The number of hydrogen-bond donors (Lipinski definition) is 0. The van der Waals surface area contributed by atoms with E-state index in [1.54, 1.807) is 11.8 Å². The number of ketones is 1. The van der Waals surface area contributed by atoms with E-state index in [2.05, 4.69) is 11.7 Å². The molecule has 0 rings (SSSR count). The highest BCUT2D eigenvalue weighted by Crippen LogP contribution is 2.22. The summed E-state index contributed by atoms with van der Waals surface area (Å²) in [6, 6.07) is 0. The molecule has 0 aliphatic carbocycles. The number of allylic oxidation sites excluding steroid dienone is 3. The van der Waals surface area contributed by atoms with Gasteiger partial charge < -0.3 is 0 Å². The number of hydrogen-bond acceptors (Lipinski definition) is 3. The Labute approximate surface area is 83.8 Å². The zero-order chi connectivity index (χ0) is 10.3. The third-order valence-corrected chi connectivity index (χ3v) is 2.27. The smallest absolute Gasteiger partial charge is 0.179 e. The van der Waals surface area contributed by atoms with Crippen LogP contribution >= 0.6 is 11.8 Å². The van der Waals surface area contributed by atoms with Crippen molar-refractivity contribution in [2.45, 2.75) is 20.8 Å². The summed E-state index contributed by atoms with van der Waals surface area (Å²) in [6.07, 6.45) is 3.78. The second kappa shape index (κ2) is 6.66. The predicted molar refractivity (Wildman–Crippen MR) is 60.2 cm³/mol. The summed E-state index contributed by atoms with van der Waals surface area (Å²) >= 11 is 1.60. The van der Waals surface area contributed by atoms with Gasteiger partial charge in [-0.2, -0.15) is 0 Å². The third-order valence-electron chi connectivity index (χ3n) is 1.34. The van der Waals surface area contributed by atoms with Crippen molar-refractivity contribution in [3.05, 3.63) is 22.8 Å². The lowest BCUT2D eigenvalue weighted by atomic mass is 10.3. The summed E-state index contributed by atoms with van der Waals surface area (Å²) in [4.78, 5) is 15.8. The average molecular weight is 197 g/mol. The first kappa shape index (κ1) is 12.2. The first-order valence-corrected chi connectivity index (χ1v) is 5.13. The van der Waals surface area contributed by atoms with Crippen molar-refractivity contribution < 1.29 is 4.79 Å². The standard InChI is InChI=1S/C10H15NOS/c1-5-7-9(13-6-2)10(11-4)8(3)12/h5,7H,4,6H2,1-3H3/b7-5-,10-9+. The Kier molecular flexibility index (Phi) is 6.24. The van der Waals surface area contributed by atoms with Gasteiger partial charge in [0.25, 0.3) is 0 Å². The zero-order valence-corrected chi connectivity index (χ0v) is 9.15. The third kappa shape index (κ3) is 4.08. The molecule has 3 heteroatoms. The van der Waals surface area contributed by atoms with Crippen LogP contribution in [0, 0.1) is 0 Å². The molecule has 0 aromatic rings. The molecule has 0 aliphatic heterocycles. The number of nitrogens with zero attached hydrogens (tertiary/aromatic N) is 1. The van der Waals surface area contributed by atoms with Crippen LogP contribution in [0.1, 0.15) is 20.8 Å². The van der Waals surface area contributed by atoms with E-state index in [1.807, 2.05) is 26.0 Å². The van der Waals surface area contributed by atoms with Crippen molar-refractivity contribution in [2.24, 2.45) is 4.99 Å². The maximum absolute atomic E-state index is 11.1. The van der Waals surface area contributed by atoms with Crippen LogP contribution in [-0.4, -0.2) is 18.3 Å². The molecular formula is C10H15NOS. The molecule has 0 heterocycles. The van der Waals surface area contributed by atoms with Crippen LogP contribution in [0.4, 0.5) is 0 Å². The van der Waals surface area contributed by atoms with Crippen molar-refractivity contribution in [3.8, 4) is 0 Å². The van der Waals surface area contributed by atoms with Gasteiger partial charge in [-0.25, -0.2) is 0 Å². The van der Waals surface area contributed by atoms with E-state index in [0.29, 0.717) is 5.70 Å². The fourth-order valence-electron chi connectivity index (χ4n) is 0.865. The summed E-state index contributed by atoms with van der Waals surface area (Å²) < 4.78 is 0. The van der Waals surface area contributed by atoms with Crippen LogP contribution in [0.25, 0.3) is 0 Å². The van der Waals surface area contributed by atoms with Gasteiger partial charge in [0, 0.05) is 11.8 Å². The molecule has 2 nitrogen and oxygen atoms in total. The highest BCUT2D eigenvalue weighted by atomic mass is 32.2. The summed E-state index contributed by atoms with van der Waals surface area (Å²) in [5.41, 5.74) is 0.463. The van der Waals surface area contributed by atoms with Gasteiger partial charge in [0.1, 0.15) is 5.70 Å². The summed E-state index contributed by atoms with van der Waals surface area (Å²) in [5, 5.41) is 0. The van der Waals surface area contributed by atoms with Gasteiger partial charge in [-0.1, -0.05) is 19.1 Å². The molecule has 0 atom stereocenters. The minimum Gasteiger partial charge on any atom is -0.293 e. The number of Topliss-reactive ketones (excluding diaryl/α,β-unsaturated/α-hetero) is 1. The molecular weight excluding hydrogens is 182 g/mol. The fraction of sp³-hybridized carbons (Fsp3) is 0.400. The Morgan fingerprint density at radius 2 is 2.23 bits per heavy atom. The van der Waals surface area contributed by atoms with Gasteiger partial charge in [-0.3, -0.25) is 9.79 Å². The highest BCUT2D eigenvalue weighted by Gasteiger charge is 2.06. The molecule has 0 radical (unpaired) electrons. The predicted octanol–water partition coefficient (Wildman–Crippen LogP) is 2.82. The Balaban J connectivity index is 4.99. The van der Waals surface area contributed by atoms with E-state index >= 15 is 0 Å². The van der Waals surface area contributed by atoms with Crippen LogP contribution in [0.2, 0.25) is 0 Å². The topological polar surface area (TPSA) is 29.4 Å². The van der Waals surface area contributed by atoms with Crippen molar-refractivity contribution >= 4 is 24.3 Å². The Hall–Kier alpha value is -0.830. The maximum Gasteiger partial charge on any atom is 0.179 e. The van der Waals surface area contributed by atoms with Gasteiger partial charge >= 0.3 is 0 Å².